The molecule has 0 aliphatic carbocycles. The second kappa shape index (κ2) is 9.78. The maximum Gasteiger partial charge on any atom is 0.321 e. The van der Waals surface area contributed by atoms with Crippen LogP contribution in [0.15, 0.2) is 60.9 Å². The molecule has 5 rings (SSSR count). The van der Waals surface area contributed by atoms with Gasteiger partial charge in [0, 0.05) is 32.4 Å². The standard InChI is InChI=1S/C24H21ClF2N8O/c1-34-19-9-16(31-21-10-20(22(26)27)35(2)33-21)5-8-18(19)32-23(34)28-11-14-3-6-17(7-4-14)36-24-29-12-15(25)13-30-24/h3-10,12-13,22H,11H2,1-2H3,(H,28,32)(H,31,33). The van der Waals surface area contributed by atoms with Gasteiger partial charge in [-0.15, -0.1) is 0 Å². The lowest BCUT2D eigenvalue weighted by molar-refractivity contribution is 0.141. The predicted molar refractivity (Wildman–Crippen MR) is 133 cm³/mol. The molecule has 0 radical (unpaired) electrons. The number of benzene rings is 2. The average Bonchev–Trinajstić information content (AvgIpc) is 3.39. The van der Waals surface area contributed by atoms with E-state index in [4.69, 9.17) is 16.3 Å². The number of nitrogens with zero attached hydrogens (tertiary/aromatic N) is 6. The Hall–Kier alpha value is -4.25. The largest absolute Gasteiger partial charge is 0.424 e. The van der Waals surface area contributed by atoms with Gasteiger partial charge in [0.2, 0.25) is 5.95 Å². The molecule has 9 nitrogen and oxygen atoms in total. The monoisotopic (exact) mass is 510 g/mol. The molecule has 3 aromatic heterocycles. The van der Waals surface area contributed by atoms with E-state index in [0.717, 1.165) is 22.3 Å². The normalized spacial score (nSPS) is 11.3. The minimum atomic E-state index is -2.59. The molecule has 3 heterocycles. The Morgan fingerprint density at radius 3 is 2.47 bits per heavy atom. The van der Waals surface area contributed by atoms with Gasteiger partial charge in [-0.2, -0.15) is 5.10 Å². The highest BCUT2D eigenvalue weighted by molar-refractivity contribution is 6.30. The van der Waals surface area contributed by atoms with Crippen molar-refractivity contribution in [2.45, 2.75) is 13.0 Å². The van der Waals surface area contributed by atoms with E-state index >= 15 is 0 Å². The van der Waals surface area contributed by atoms with Gasteiger partial charge in [-0.05, 0) is 35.9 Å². The van der Waals surface area contributed by atoms with Crippen LogP contribution in [0.3, 0.4) is 0 Å². The molecule has 184 valence electrons. The maximum atomic E-state index is 13.0. The Bertz CT molecular complexity index is 1500. The number of ether oxygens (including phenoxy) is 1. The summed E-state index contributed by atoms with van der Waals surface area (Å²) in [7, 11) is 3.39. The predicted octanol–water partition coefficient (Wildman–Crippen LogP) is 5.84. The van der Waals surface area contributed by atoms with Gasteiger partial charge in [0.25, 0.3) is 6.43 Å². The number of fused-ring (bicyclic) bond motifs is 1. The zero-order valence-electron chi connectivity index (χ0n) is 19.3. The Labute approximate surface area is 209 Å². The number of nitrogens with one attached hydrogen (secondary N) is 2. The van der Waals surface area contributed by atoms with Crippen molar-refractivity contribution in [3.8, 4) is 11.8 Å². The molecule has 0 aliphatic rings. The second-order valence-corrected chi connectivity index (χ2v) is 8.42. The highest BCUT2D eigenvalue weighted by Crippen LogP contribution is 2.27. The zero-order chi connectivity index (χ0) is 25.2. The van der Waals surface area contributed by atoms with Gasteiger partial charge < -0.3 is 19.9 Å². The SMILES string of the molecule is Cn1nc(Nc2ccc3nc(NCc4ccc(Oc5ncc(Cl)cn5)cc4)n(C)c3c2)cc1C(F)F. The van der Waals surface area contributed by atoms with Crippen molar-refractivity contribution in [3.63, 3.8) is 0 Å². The summed E-state index contributed by atoms with van der Waals surface area (Å²) in [5.74, 6) is 1.65. The number of aryl methyl sites for hydroxylation is 2. The van der Waals surface area contributed by atoms with Crippen molar-refractivity contribution < 1.29 is 13.5 Å². The summed E-state index contributed by atoms with van der Waals surface area (Å²) in [6, 6.07) is 14.7. The number of hydrogen-bond donors (Lipinski definition) is 2. The van der Waals surface area contributed by atoms with E-state index in [2.05, 4.69) is 30.7 Å². The number of anilines is 3. The van der Waals surface area contributed by atoms with Crippen molar-refractivity contribution in [2.24, 2.45) is 14.1 Å². The molecule has 12 heteroatoms. The molecule has 0 spiro atoms. The van der Waals surface area contributed by atoms with Crippen LogP contribution in [0.2, 0.25) is 5.02 Å². The number of alkyl halides is 2. The van der Waals surface area contributed by atoms with Gasteiger partial charge in [0.1, 0.15) is 11.4 Å². The van der Waals surface area contributed by atoms with Gasteiger partial charge in [-0.3, -0.25) is 4.68 Å². The first-order valence-corrected chi connectivity index (χ1v) is 11.3. The summed E-state index contributed by atoms with van der Waals surface area (Å²) < 4.78 is 34.8. The molecule has 0 saturated heterocycles. The van der Waals surface area contributed by atoms with Crippen molar-refractivity contribution in [1.29, 1.82) is 0 Å². The number of imidazole rings is 1. The van der Waals surface area contributed by atoms with Crippen LogP contribution in [-0.2, 0) is 20.6 Å². The molecule has 0 amide bonds. The highest BCUT2D eigenvalue weighted by atomic mass is 35.5. The molecule has 0 atom stereocenters. The fourth-order valence-electron chi connectivity index (χ4n) is 3.64. The van der Waals surface area contributed by atoms with Gasteiger partial charge in [0.05, 0.1) is 28.4 Å². The fourth-order valence-corrected chi connectivity index (χ4v) is 3.73. The van der Waals surface area contributed by atoms with E-state index in [-0.39, 0.29) is 11.7 Å². The summed E-state index contributed by atoms with van der Waals surface area (Å²) in [4.78, 5) is 12.7. The lowest BCUT2D eigenvalue weighted by Gasteiger charge is -2.08. The van der Waals surface area contributed by atoms with Crippen molar-refractivity contribution in [2.75, 3.05) is 10.6 Å². The summed E-state index contributed by atoms with van der Waals surface area (Å²) >= 11 is 5.79. The van der Waals surface area contributed by atoms with Crippen molar-refractivity contribution in [1.82, 2.24) is 29.3 Å². The molecular formula is C24H21ClF2N8O. The lowest BCUT2D eigenvalue weighted by Crippen LogP contribution is -2.05. The topological polar surface area (TPSA) is 94.7 Å². The third-order valence-electron chi connectivity index (χ3n) is 5.47. The number of rotatable bonds is 8. The first kappa shape index (κ1) is 23.5. The van der Waals surface area contributed by atoms with E-state index in [9.17, 15) is 8.78 Å². The van der Waals surface area contributed by atoms with Crippen LogP contribution in [0, 0.1) is 0 Å². The molecule has 36 heavy (non-hydrogen) atoms. The Morgan fingerprint density at radius 1 is 1.03 bits per heavy atom. The van der Waals surface area contributed by atoms with Crippen LogP contribution in [0.5, 0.6) is 11.8 Å². The quantitative estimate of drug-likeness (QED) is 0.271. The third-order valence-corrected chi connectivity index (χ3v) is 5.67. The second-order valence-electron chi connectivity index (χ2n) is 7.99. The van der Waals surface area contributed by atoms with Crippen LogP contribution in [0.1, 0.15) is 17.7 Å². The molecule has 0 bridgehead atoms. The molecule has 0 fully saturated rings. The van der Waals surface area contributed by atoms with Gasteiger partial charge in [-0.25, -0.2) is 23.7 Å². The maximum absolute atomic E-state index is 13.0. The van der Waals surface area contributed by atoms with Gasteiger partial charge in [0.15, 0.2) is 5.82 Å². The minimum Gasteiger partial charge on any atom is -0.424 e. The fraction of sp³-hybridized carbons (Fsp3) is 0.167. The van der Waals surface area contributed by atoms with E-state index in [1.807, 2.05) is 54.1 Å². The highest BCUT2D eigenvalue weighted by Gasteiger charge is 2.15. The van der Waals surface area contributed by atoms with Crippen LogP contribution in [0.4, 0.5) is 26.2 Å². The van der Waals surface area contributed by atoms with Crippen molar-refractivity contribution >= 4 is 40.1 Å². The van der Waals surface area contributed by atoms with Crippen LogP contribution in [-0.4, -0.2) is 29.3 Å². The van der Waals surface area contributed by atoms with E-state index in [1.165, 1.54) is 30.2 Å². The third kappa shape index (κ3) is 5.05. The van der Waals surface area contributed by atoms with E-state index < -0.39 is 6.43 Å². The van der Waals surface area contributed by atoms with E-state index in [0.29, 0.717) is 29.1 Å². The zero-order valence-corrected chi connectivity index (χ0v) is 20.0. The first-order chi connectivity index (χ1) is 17.4. The summed E-state index contributed by atoms with van der Waals surface area (Å²) in [6.07, 6.45) is 0.354. The molecule has 2 N–H and O–H groups in total. The average molecular weight is 511 g/mol. The summed E-state index contributed by atoms with van der Waals surface area (Å²) in [5.41, 5.74) is 3.27. The van der Waals surface area contributed by atoms with Crippen molar-refractivity contribution in [3.05, 3.63) is 77.2 Å². The molecule has 0 aliphatic heterocycles. The van der Waals surface area contributed by atoms with Crippen LogP contribution < -0.4 is 15.4 Å². The number of aromatic nitrogens is 6. The summed E-state index contributed by atoms with van der Waals surface area (Å²) in [6.45, 7) is 0.546. The molecule has 0 unspecified atom stereocenters. The Balaban J connectivity index is 1.25. The number of halogens is 3. The van der Waals surface area contributed by atoms with E-state index in [1.54, 1.807) is 0 Å². The molecule has 0 saturated carbocycles. The Morgan fingerprint density at radius 2 is 1.78 bits per heavy atom. The first-order valence-electron chi connectivity index (χ1n) is 10.9. The smallest absolute Gasteiger partial charge is 0.321 e. The van der Waals surface area contributed by atoms with Gasteiger partial charge >= 0.3 is 6.01 Å². The molecule has 2 aromatic carbocycles. The Kier molecular flexibility index (Phi) is 6.38. The summed E-state index contributed by atoms with van der Waals surface area (Å²) in [5, 5.41) is 11.0. The lowest BCUT2D eigenvalue weighted by atomic mass is 10.2. The van der Waals surface area contributed by atoms with Crippen LogP contribution in [0.25, 0.3) is 11.0 Å². The van der Waals surface area contributed by atoms with Gasteiger partial charge in [-0.1, -0.05) is 23.7 Å². The minimum absolute atomic E-state index is 0.150. The van der Waals surface area contributed by atoms with Crippen LogP contribution >= 0.6 is 11.6 Å². The molecular weight excluding hydrogens is 490 g/mol. The number of hydrogen-bond acceptors (Lipinski definition) is 7. The molecule has 5 aromatic rings.